The maximum absolute atomic E-state index is 11.9. The quantitative estimate of drug-likeness (QED) is 0.219. The summed E-state index contributed by atoms with van der Waals surface area (Å²) in [5, 5.41) is 6.77. The summed E-state index contributed by atoms with van der Waals surface area (Å²) in [6, 6.07) is 18.9. The van der Waals surface area contributed by atoms with Gasteiger partial charge in [0.2, 0.25) is 0 Å². The van der Waals surface area contributed by atoms with Crippen LogP contribution in [-0.2, 0) is 16.1 Å². The van der Waals surface area contributed by atoms with Gasteiger partial charge in [0.1, 0.15) is 29.9 Å². The number of nitrogens with zero attached hydrogens (tertiary/aromatic N) is 2. The standard InChI is InChI=1S/C32H39N3O7/c1-37-15-4-13-35-14-16-40-28-11-5-22(17-27(28)35)21-41-31-20-33-19-26(34-36)32(31)23-6-8-24(9-7-23)42-25-10-12-29(38-2)30(18-25)39-3/h5-12,17-18,26,31-33H,4,13-16,19-21H2,1-3H3/t26-,31+,32+/m1/s1. The molecule has 10 nitrogen and oxygen atoms in total. The maximum Gasteiger partial charge on any atom is 0.164 e. The van der Waals surface area contributed by atoms with Crippen molar-refractivity contribution in [2.45, 2.75) is 31.1 Å². The first-order valence-electron chi connectivity index (χ1n) is 14.3. The first-order chi connectivity index (χ1) is 20.6. The van der Waals surface area contributed by atoms with E-state index in [0.717, 1.165) is 48.7 Å². The highest BCUT2D eigenvalue weighted by molar-refractivity contribution is 5.61. The van der Waals surface area contributed by atoms with Gasteiger partial charge in [-0.2, -0.15) is 4.91 Å². The van der Waals surface area contributed by atoms with Gasteiger partial charge in [0.15, 0.2) is 11.5 Å². The van der Waals surface area contributed by atoms with Crippen molar-refractivity contribution < 1.29 is 28.4 Å². The van der Waals surface area contributed by atoms with Gasteiger partial charge < -0.3 is 38.6 Å². The predicted molar refractivity (Wildman–Crippen MR) is 160 cm³/mol. The highest BCUT2D eigenvalue weighted by Gasteiger charge is 2.36. The predicted octanol–water partition coefficient (Wildman–Crippen LogP) is 5.14. The van der Waals surface area contributed by atoms with Crippen LogP contribution in [0.25, 0.3) is 0 Å². The molecule has 0 saturated carbocycles. The summed E-state index contributed by atoms with van der Waals surface area (Å²) >= 11 is 0. The van der Waals surface area contributed by atoms with E-state index in [1.807, 2.05) is 42.5 Å². The minimum atomic E-state index is -0.449. The van der Waals surface area contributed by atoms with Gasteiger partial charge >= 0.3 is 0 Å². The number of benzene rings is 3. The molecule has 2 aliphatic rings. The Morgan fingerprint density at radius 3 is 2.52 bits per heavy atom. The number of anilines is 1. The zero-order valence-corrected chi connectivity index (χ0v) is 24.4. The van der Waals surface area contributed by atoms with Crippen molar-refractivity contribution in [2.75, 3.05) is 65.6 Å². The average Bonchev–Trinajstić information content (AvgIpc) is 3.04. The molecule has 0 spiro atoms. The summed E-state index contributed by atoms with van der Waals surface area (Å²) in [5.74, 6) is 3.22. The molecule has 2 aliphatic heterocycles. The van der Waals surface area contributed by atoms with Crippen LogP contribution in [0.3, 0.4) is 0 Å². The van der Waals surface area contributed by atoms with Crippen LogP contribution in [0.2, 0.25) is 0 Å². The lowest BCUT2D eigenvalue weighted by Gasteiger charge is -2.36. The molecule has 3 aromatic carbocycles. The van der Waals surface area contributed by atoms with E-state index < -0.39 is 6.04 Å². The van der Waals surface area contributed by atoms with Gasteiger partial charge in [0, 0.05) is 45.3 Å². The van der Waals surface area contributed by atoms with Gasteiger partial charge in [-0.3, -0.25) is 0 Å². The second-order valence-corrected chi connectivity index (χ2v) is 10.4. The number of nitrogens with one attached hydrogen (secondary N) is 1. The zero-order chi connectivity index (χ0) is 29.3. The molecule has 10 heteroatoms. The number of rotatable bonds is 13. The molecule has 1 saturated heterocycles. The number of ether oxygens (including phenoxy) is 6. The van der Waals surface area contributed by atoms with E-state index in [-0.39, 0.29) is 12.0 Å². The van der Waals surface area contributed by atoms with Crippen molar-refractivity contribution in [3.63, 3.8) is 0 Å². The third-order valence-electron chi connectivity index (χ3n) is 7.73. The molecule has 0 aromatic heterocycles. The van der Waals surface area contributed by atoms with Crippen LogP contribution in [0.15, 0.2) is 65.8 Å². The molecule has 0 unspecified atom stereocenters. The molecule has 0 aliphatic carbocycles. The molecular formula is C32H39N3O7. The molecule has 5 rings (SSSR count). The Labute approximate surface area is 246 Å². The fraction of sp³-hybridized carbons (Fsp3) is 0.438. The molecule has 224 valence electrons. The lowest BCUT2D eigenvalue weighted by atomic mass is 9.84. The third kappa shape index (κ3) is 6.95. The molecule has 1 N–H and O–H groups in total. The summed E-state index contributed by atoms with van der Waals surface area (Å²) in [5.41, 5.74) is 3.11. The lowest BCUT2D eigenvalue weighted by Crippen LogP contribution is -2.48. The van der Waals surface area contributed by atoms with Crippen molar-refractivity contribution in [3.8, 4) is 28.7 Å². The average molecular weight is 578 g/mol. The second-order valence-electron chi connectivity index (χ2n) is 10.4. The zero-order valence-electron chi connectivity index (χ0n) is 24.4. The van der Waals surface area contributed by atoms with Crippen LogP contribution in [0.5, 0.6) is 28.7 Å². The first kappa shape index (κ1) is 29.6. The van der Waals surface area contributed by atoms with Crippen LogP contribution in [-0.4, -0.2) is 72.9 Å². The Hall–Kier alpha value is -3.86. The number of hydrogen-bond acceptors (Lipinski definition) is 10. The summed E-state index contributed by atoms with van der Waals surface area (Å²) in [6.45, 7) is 4.68. The van der Waals surface area contributed by atoms with Crippen molar-refractivity contribution in [1.29, 1.82) is 0 Å². The normalized spacial score (nSPS) is 19.9. The van der Waals surface area contributed by atoms with Gasteiger partial charge in [-0.15, -0.1) is 0 Å². The number of nitroso groups, excluding NO2 is 1. The van der Waals surface area contributed by atoms with Crippen molar-refractivity contribution in [3.05, 3.63) is 76.7 Å². The number of piperidine rings is 1. The van der Waals surface area contributed by atoms with Crippen molar-refractivity contribution >= 4 is 5.69 Å². The fourth-order valence-corrected chi connectivity index (χ4v) is 5.60. The minimum Gasteiger partial charge on any atom is -0.493 e. The molecule has 3 aromatic rings. The van der Waals surface area contributed by atoms with Crippen LogP contribution in [0.4, 0.5) is 5.69 Å². The summed E-state index contributed by atoms with van der Waals surface area (Å²) in [4.78, 5) is 14.2. The fourth-order valence-electron chi connectivity index (χ4n) is 5.60. The van der Waals surface area contributed by atoms with Crippen LogP contribution >= 0.6 is 0 Å². The van der Waals surface area contributed by atoms with E-state index in [1.165, 1.54) is 0 Å². The van der Waals surface area contributed by atoms with Crippen molar-refractivity contribution in [2.24, 2.45) is 5.18 Å². The summed E-state index contributed by atoms with van der Waals surface area (Å²) in [6.07, 6.45) is 0.716. The van der Waals surface area contributed by atoms with Crippen LogP contribution < -0.4 is 29.2 Å². The molecule has 0 radical (unpaired) electrons. The monoisotopic (exact) mass is 577 g/mol. The number of fused-ring (bicyclic) bond motifs is 1. The minimum absolute atomic E-state index is 0.189. The first-order valence-corrected chi connectivity index (χ1v) is 14.3. The largest absolute Gasteiger partial charge is 0.493 e. The van der Waals surface area contributed by atoms with E-state index in [1.54, 1.807) is 33.5 Å². The Balaban J connectivity index is 1.27. The third-order valence-corrected chi connectivity index (χ3v) is 7.73. The summed E-state index contributed by atoms with van der Waals surface area (Å²) in [7, 11) is 4.91. The molecule has 2 heterocycles. The van der Waals surface area contributed by atoms with Gasteiger partial charge in [0.25, 0.3) is 0 Å². The molecule has 1 fully saturated rings. The highest BCUT2D eigenvalue weighted by Crippen LogP contribution is 2.36. The van der Waals surface area contributed by atoms with Gasteiger partial charge in [-0.1, -0.05) is 23.4 Å². The number of methoxy groups -OCH3 is 3. The van der Waals surface area contributed by atoms with Gasteiger partial charge in [-0.05, 0) is 53.9 Å². The molecule has 42 heavy (non-hydrogen) atoms. The molecule has 0 bridgehead atoms. The molecule has 0 amide bonds. The van der Waals surface area contributed by atoms with Crippen molar-refractivity contribution in [1.82, 2.24) is 5.32 Å². The van der Waals surface area contributed by atoms with E-state index in [9.17, 15) is 4.91 Å². The SMILES string of the molecule is COCCCN1CCOc2ccc(CO[C@H]3CNC[C@@H](N=O)[C@@H]3c3ccc(Oc4ccc(OC)c(OC)c4)cc3)cc21. The lowest BCUT2D eigenvalue weighted by molar-refractivity contribution is 0.00539. The van der Waals surface area contributed by atoms with Gasteiger partial charge in [0.05, 0.1) is 39.2 Å². The molecule has 3 atom stereocenters. The number of hydrogen-bond donors (Lipinski definition) is 1. The van der Waals surface area contributed by atoms with Gasteiger partial charge in [-0.25, -0.2) is 0 Å². The van der Waals surface area contributed by atoms with E-state index in [4.69, 9.17) is 28.4 Å². The Morgan fingerprint density at radius 2 is 1.76 bits per heavy atom. The topological polar surface area (TPSA) is 100 Å². The van der Waals surface area contributed by atoms with E-state index in [0.29, 0.717) is 49.3 Å². The Morgan fingerprint density at radius 1 is 0.952 bits per heavy atom. The highest BCUT2D eigenvalue weighted by atomic mass is 16.5. The van der Waals surface area contributed by atoms with E-state index >= 15 is 0 Å². The Kier molecular flexibility index (Phi) is 10.1. The van der Waals surface area contributed by atoms with Crippen LogP contribution in [0, 0.1) is 4.91 Å². The molecular weight excluding hydrogens is 538 g/mol. The smallest absolute Gasteiger partial charge is 0.164 e. The van der Waals surface area contributed by atoms with E-state index in [2.05, 4.69) is 21.5 Å². The summed E-state index contributed by atoms with van der Waals surface area (Å²) < 4.78 is 34.3. The maximum atomic E-state index is 11.9. The Bertz CT molecular complexity index is 1320. The van der Waals surface area contributed by atoms with Crippen LogP contribution in [0.1, 0.15) is 23.5 Å². The second kappa shape index (κ2) is 14.4.